The molecule has 1 N–H and O–H groups in total. The van der Waals surface area contributed by atoms with E-state index in [9.17, 15) is 19.6 Å². The van der Waals surface area contributed by atoms with E-state index in [-0.39, 0.29) is 47.9 Å². The number of imide groups is 1. The highest BCUT2D eigenvalue weighted by Crippen LogP contribution is 2.32. The van der Waals surface area contributed by atoms with Crippen molar-refractivity contribution < 1.29 is 29.0 Å². The highest BCUT2D eigenvalue weighted by atomic mass is 35.5. The minimum Gasteiger partial charge on any atom is -0.486 e. The molecule has 0 radical (unpaired) electrons. The summed E-state index contributed by atoms with van der Waals surface area (Å²) in [6.07, 6.45) is 3.57. The predicted octanol–water partition coefficient (Wildman–Crippen LogP) is 3.16. The lowest BCUT2D eigenvalue weighted by Gasteiger charge is -2.27. The number of hydrogen-bond donors (Lipinski definition) is 1. The Morgan fingerprint density at radius 2 is 2.15 bits per heavy atom. The number of nitriles is 1. The van der Waals surface area contributed by atoms with Crippen LogP contribution in [0, 0.1) is 11.3 Å². The normalized spacial score (nSPS) is 19.5. The summed E-state index contributed by atoms with van der Waals surface area (Å²) in [5.41, 5.74) is 1.25. The zero-order valence-corrected chi connectivity index (χ0v) is 19.0. The Morgan fingerprint density at radius 1 is 1.39 bits per heavy atom. The molecule has 2 amide bonds. The van der Waals surface area contributed by atoms with Gasteiger partial charge in [-0.25, -0.2) is 4.79 Å². The first-order valence-corrected chi connectivity index (χ1v) is 10.8. The van der Waals surface area contributed by atoms with E-state index in [2.05, 4.69) is 0 Å². The number of carbonyl (C=O) groups excluding carboxylic acids is 3. The van der Waals surface area contributed by atoms with E-state index < -0.39 is 23.9 Å². The van der Waals surface area contributed by atoms with E-state index in [1.54, 1.807) is 38.1 Å². The molecule has 0 bridgehead atoms. The van der Waals surface area contributed by atoms with Crippen LogP contribution in [0.1, 0.15) is 42.6 Å². The fourth-order valence-electron chi connectivity index (χ4n) is 3.59. The number of ether oxygens (including phenoxy) is 2. The van der Waals surface area contributed by atoms with Gasteiger partial charge >= 0.3 is 5.97 Å². The third kappa shape index (κ3) is 5.00. The van der Waals surface area contributed by atoms with Gasteiger partial charge in [-0.3, -0.25) is 14.5 Å². The Balaban J connectivity index is 1.85. The van der Waals surface area contributed by atoms with Gasteiger partial charge in [0, 0.05) is 30.7 Å². The quantitative estimate of drug-likeness (QED) is 0.369. The molecule has 1 aromatic rings. The van der Waals surface area contributed by atoms with Gasteiger partial charge in [-0.2, -0.15) is 5.26 Å². The number of benzene rings is 1. The van der Waals surface area contributed by atoms with Gasteiger partial charge in [-0.1, -0.05) is 11.6 Å². The minimum atomic E-state index is -0.663. The summed E-state index contributed by atoms with van der Waals surface area (Å²) >= 11 is 6.12. The number of carbonyl (C=O) groups is 3. The van der Waals surface area contributed by atoms with Gasteiger partial charge in [-0.05, 0) is 56.2 Å². The van der Waals surface area contributed by atoms with Crippen molar-refractivity contribution in [2.75, 3.05) is 19.8 Å². The predicted molar refractivity (Wildman–Crippen MR) is 120 cm³/mol. The first kappa shape index (κ1) is 24.2. The Bertz CT molecular complexity index is 1130. The fraction of sp³-hybridized carbons (Fsp3) is 0.333. The second-order valence-electron chi connectivity index (χ2n) is 7.41. The summed E-state index contributed by atoms with van der Waals surface area (Å²) in [5, 5.41) is 18.8. The molecule has 2 aliphatic heterocycles. The second kappa shape index (κ2) is 10.5. The number of amides is 2. The van der Waals surface area contributed by atoms with Crippen LogP contribution in [0.3, 0.4) is 0 Å². The fourth-order valence-corrected chi connectivity index (χ4v) is 3.78. The summed E-state index contributed by atoms with van der Waals surface area (Å²) in [6.45, 7) is 3.31. The molecular weight excluding hydrogens is 448 g/mol. The van der Waals surface area contributed by atoms with Crippen LogP contribution in [0.15, 0.2) is 47.1 Å². The highest BCUT2D eigenvalue weighted by molar-refractivity contribution is 6.33. The molecule has 0 saturated carbocycles. The Kier molecular flexibility index (Phi) is 7.69. The molecule has 1 aromatic carbocycles. The molecule has 0 aliphatic carbocycles. The van der Waals surface area contributed by atoms with Crippen LogP contribution in [-0.4, -0.2) is 53.7 Å². The lowest BCUT2D eigenvalue weighted by atomic mass is 9.93. The third-order valence-electron chi connectivity index (χ3n) is 5.28. The van der Waals surface area contributed by atoms with Crippen LogP contribution >= 0.6 is 11.6 Å². The molecule has 0 spiro atoms. The van der Waals surface area contributed by atoms with Crippen molar-refractivity contribution in [3.05, 3.63) is 63.2 Å². The molecule has 1 atom stereocenters. The molecule has 2 heterocycles. The van der Waals surface area contributed by atoms with Crippen LogP contribution in [-0.2, 0) is 19.1 Å². The van der Waals surface area contributed by atoms with E-state index in [4.69, 9.17) is 26.2 Å². The van der Waals surface area contributed by atoms with Gasteiger partial charge in [0.2, 0.25) is 0 Å². The van der Waals surface area contributed by atoms with Crippen molar-refractivity contribution in [2.24, 2.45) is 0 Å². The van der Waals surface area contributed by atoms with Gasteiger partial charge in [0.05, 0.1) is 17.2 Å². The average molecular weight is 471 g/mol. The van der Waals surface area contributed by atoms with E-state index >= 15 is 0 Å². The molecular formula is C24H23ClN2O6. The van der Waals surface area contributed by atoms with Gasteiger partial charge in [0.1, 0.15) is 23.5 Å². The molecule has 1 unspecified atom stereocenters. The summed E-state index contributed by atoms with van der Waals surface area (Å²) in [4.78, 5) is 38.5. The monoisotopic (exact) mass is 470 g/mol. The number of nitrogens with zero attached hydrogens (tertiary/aromatic N) is 2. The number of esters is 1. The smallest absolute Gasteiger partial charge is 0.339 e. The van der Waals surface area contributed by atoms with Gasteiger partial charge in [0.25, 0.3) is 11.8 Å². The highest BCUT2D eigenvalue weighted by Gasteiger charge is 2.36. The molecule has 0 aromatic heterocycles. The van der Waals surface area contributed by atoms with E-state index in [1.807, 2.05) is 12.1 Å². The van der Waals surface area contributed by atoms with Crippen molar-refractivity contribution in [2.45, 2.75) is 32.8 Å². The van der Waals surface area contributed by atoms with Crippen LogP contribution in [0.25, 0.3) is 5.76 Å². The van der Waals surface area contributed by atoms with Gasteiger partial charge in [-0.15, -0.1) is 0 Å². The first-order valence-electron chi connectivity index (χ1n) is 10.5. The maximum atomic E-state index is 12.9. The van der Waals surface area contributed by atoms with Crippen LogP contribution in [0.4, 0.5) is 0 Å². The molecule has 2 aliphatic rings. The molecule has 0 saturated heterocycles. The first-order chi connectivity index (χ1) is 15.8. The number of aliphatic hydroxyl groups is 1. The van der Waals surface area contributed by atoms with E-state index in [0.717, 1.165) is 4.90 Å². The van der Waals surface area contributed by atoms with Crippen molar-refractivity contribution >= 4 is 35.1 Å². The number of aliphatic hydroxyl groups excluding tert-OH is 1. The Hall–Kier alpha value is -3.41. The van der Waals surface area contributed by atoms with Gasteiger partial charge in [0.15, 0.2) is 0 Å². The lowest BCUT2D eigenvalue weighted by molar-refractivity contribution is -0.140. The standard InChI is InChI=1S/C24H23ClN2O6/c1-3-32-24(31)18-11-15(5-7-20(18)25)21-8-6-16(33-21)12-17-14(2)19(13-26)23(30)27(22(17)29)9-4-10-28/h5,7-8,11-12,16,28H,3-4,6,9-10H2,1-2H3/b17-12-. The zero-order chi connectivity index (χ0) is 24.1. The lowest BCUT2D eigenvalue weighted by Crippen LogP contribution is -2.43. The van der Waals surface area contributed by atoms with Crippen LogP contribution in [0.2, 0.25) is 5.02 Å². The number of rotatable bonds is 7. The zero-order valence-electron chi connectivity index (χ0n) is 18.3. The average Bonchev–Trinajstić information content (AvgIpc) is 3.26. The largest absolute Gasteiger partial charge is 0.486 e. The van der Waals surface area contributed by atoms with E-state index in [1.165, 1.54) is 0 Å². The Labute approximate surface area is 196 Å². The minimum absolute atomic E-state index is 0.0143. The maximum Gasteiger partial charge on any atom is 0.339 e. The van der Waals surface area contributed by atoms with E-state index in [0.29, 0.717) is 23.3 Å². The molecule has 8 nitrogen and oxygen atoms in total. The van der Waals surface area contributed by atoms with Crippen LogP contribution < -0.4 is 0 Å². The summed E-state index contributed by atoms with van der Waals surface area (Å²) in [7, 11) is 0. The van der Waals surface area contributed by atoms with Gasteiger partial charge < -0.3 is 14.6 Å². The summed E-state index contributed by atoms with van der Waals surface area (Å²) < 4.78 is 11.0. The van der Waals surface area contributed by atoms with Crippen molar-refractivity contribution in [1.29, 1.82) is 5.26 Å². The number of hydrogen-bond acceptors (Lipinski definition) is 7. The summed E-state index contributed by atoms with van der Waals surface area (Å²) in [6, 6.07) is 6.76. The third-order valence-corrected chi connectivity index (χ3v) is 5.61. The van der Waals surface area contributed by atoms with Crippen LogP contribution in [0.5, 0.6) is 0 Å². The number of halogens is 1. The SMILES string of the molecule is CCOC(=O)c1cc(C2=CCC(/C=C3\C(=O)N(CCCO)C(=O)C(C#N)=C3C)O2)ccc1Cl. The molecule has 172 valence electrons. The molecule has 0 fully saturated rings. The maximum absolute atomic E-state index is 12.9. The van der Waals surface area contributed by atoms with Crippen molar-refractivity contribution in [3.63, 3.8) is 0 Å². The topological polar surface area (TPSA) is 117 Å². The molecule has 9 heteroatoms. The summed E-state index contributed by atoms with van der Waals surface area (Å²) in [5.74, 6) is -1.22. The molecule has 33 heavy (non-hydrogen) atoms. The van der Waals surface area contributed by atoms with Crippen molar-refractivity contribution in [1.82, 2.24) is 4.90 Å². The van der Waals surface area contributed by atoms with Crippen molar-refractivity contribution in [3.8, 4) is 6.07 Å². The second-order valence-corrected chi connectivity index (χ2v) is 7.81. The molecule has 3 rings (SSSR count). The Morgan fingerprint density at radius 3 is 2.82 bits per heavy atom.